The van der Waals surface area contributed by atoms with Gasteiger partial charge in [-0.25, -0.2) is 4.79 Å². The van der Waals surface area contributed by atoms with Crippen molar-refractivity contribution < 1.29 is 28.9 Å². The molecular weight excluding hydrogens is 185 g/mol. The lowest BCUT2D eigenvalue weighted by Gasteiger charge is -2.08. The molecule has 0 rings (SSSR count). The van der Waals surface area contributed by atoms with Gasteiger partial charge in [-0.15, -0.1) is 4.39 Å². The van der Waals surface area contributed by atoms with Gasteiger partial charge in [-0.2, -0.15) is 0 Å². The Kier molecular flexibility index (Phi) is 5.73. The van der Waals surface area contributed by atoms with Crippen molar-refractivity contribution in [1.82, 2.24) is 5.32 Å². The molecule has 0 spiro atoms. The summed E-state index contributed by atoms with van der Waals surface area (Å²) in [6, 6.07) is 0. The molecule has 0 aliphatic heterocycles. The zero-order valence-electron chi connectivity index (χ0n) is 6.70. The quantitative estimate of drug-likeness (QED) is 0.477. The minimum absolute atomic E-state index is 0.0837. The summed E-state index contributed by atoms with van der Waals surface area (Å²) in [7, 11) is 0. The van der Waals surface area contributed by atoms with Gasteiger partial charge in [0.2, 0.25) is 0 Å². The molecule has 0 aromatic heterocycles. The number of carboxylic acids is 1. The highest BCUT2D eigenvalue weighted by atomic mass is 19.1. The molecule has 0 aromatic carbocycles. The van der Waals surface area contributed by atoms with E-state index in [0.29, 0.717) is 0 Å². The van der Waals surface area contributed by atoms with Crippen LogP contribution < -0.4 is 5.32 Å². The van der Waals surface area contributed by atoms with Crippen molar-refractivity contribution >= 4 is 12.2 Å². The Balaban J connectivity index is 3.35. The molecular formula is C6H10FNO5. The minimum atomic E-state index is -1.97. The van der Waals surface area contributed by atoms with Gasteiger partial charge in [0.05, 0.1) is 6.54 Å². The first kappa shape index (κ1) is 11.8. The van der Waals surface area contributed by atoms with Crippen LogP contribution in [0.3, 0.4) is 0 Å². The van der Waals surface area contributed by atoms with Crippen LogP contribution in [0.2, 0.25) is 0 Å². The molecule has 13 heavy (non-hydrogen) atoms. The fraction of sp³-hybridized carbons (Fsp3) is 0.667. The Hall–Kier alpha value is -1.21. The van der Waals surface area contributed by atoms with E-state index < -0.39 is 24.9 Å². The van der Waals surface area contributed by atoms with E-state index in [-0.39, 0.29) is 13.1 Å². The van der Waals surface area contributed by atoms with Crippen molar-refractivity contribution in [3.63, 3.8) is 0 Å². The van der Waals surface area contributed by atoms with Gasteiger partial charge in [-0.05, 0) is 0 Å². The number of carbonyl (C=O) groups excluding carboxylic acids is 1. The SMILES string of the molecule is O=C(O)CNCC(O)COC(=O)F. The number of aliphatic hydroxyl groups is 1. The molecule has 0 aliphatic carbocycles. The zero-order chi connectivity index (χ0) is 10.3. The molecule has 76 valence electrons. The van der Waals surface area contributed by atoms with Crippen LogP contribution in [0.1, 0.15) is 0 Å². The molecule has 7 heteroatoms. The number of ether oxygens (including phenoxy) is 1. The van der Waals surface area contributed by atoms with Crippen LogP contribution >= 0.6 is 0 Å². The lowest BCUT2D eigenvalue weighted by Crippen LogP contribution is -2.33. The lowest BCUT2D eigenvalue weighted by atomic mass is 10.4. The summed E-state index contributed by atoms with van der Waals surface area (Å²) >= 11 is 0. The first-order valence-corrected chi connectivity index (χ1v) is 3.45. The smallest absolute Gasteiger partial charge is 0.480 e. The van der Waals surface area contributed by atoms with Crippen LogP contribution in [-0.4, -0.2) is 48.2 Å². The van der Waals surface area contributed by atoms with E-state index in [2.05, 4.69) is 10.1 Å². The standard InChI is InChI=1S/C6H10FNO5/c7-6(12)13-3-4(9)1-8-2-5(10)11/h4,8-9H,1-3H2,(H,10,11). The largest absolute Gasteiger partial charge is 0.495 e. The second-order valence-corrected chi connectivity index (χ2v) is 2.23. The number of carbonyl (C=O) groups is 2. The number of rotatable bonds is 6. The highest BCUT2D eigenvalue weighted by Crippen LogP contribution is 1.87. The molecule has 1 unspecified atom stereocenters. The van der Waals surface area contributed by atoms with E-state index in [1.165, 1.54) is 0 Å². The number of aliphatic carboxylic acids is 1. The summed E-state index contributed by atoms with van der Waals surface area (Å²) in [6.45, 7) is -0.901. The predicted octanol–water partition coefficient (Wildman–Crippen LogP) is -0.872. The number of halogens is 1. The maximum absolute atomic E-state index is 11.4. The summed E-state index contributed by atoms with van der Waals surface area (Å²) in [5.74, 6) is -1.07. The normalized spacial score (nSPS) is 12.2. The summed E-state index contributed by atoms with van der Waals surface area (Å²) in [6.07, 6.45) is -3.09. The summed E-state index contributed by atoms with van der Waals surface area (Å²) in [5, 5.41) is 19.4. The number of nitrogens with one attached hydrogen (secondary N) is 1. The molecule has 0 fully saturated rings. The molecule has 1 atom stereocenters. The second-order valence-electron chi connectivity index (χ2n) is 2.23. The van der Waals surface area contributed by atoms with Crippen molar-refractivity contribution in [3.05, 3.63) is 0 Å². The van der Waals surface area contributed by atoms with Gasteiger partial charge >= 0.3 is 12.2 Å². The van der Waals surface area contributed by atoms with Crippen molar-refractivity contribution in [2.24, 2.45) is 0 Å². The minimum Gasteiger partial charge on any atom is -0.480 e. The van der Waals surface area contributed by atoms with Crippen molar-refractivity contribution in [3.8, 4) is 0 Å². The summed E-state index contributed by atoms with van der Waals surface area (Å²) < 4.78 is 15.2. The molecule has 0 aliphatic rings. The van der Waals surface area contributed by atoms with Gasteiger partial charge in [0, 0.05) is 6.54 Å². The maximum atomic E-state index is 11.4. The van der Waals surface area contributed by atoms with Gasteiger partial charge in [0.1, 0.15) is 12.7 Å². The Morgan fingerprint density at radius 1 is 1.54 bits per heavy atom. The van der Waals surface area contributed by atoms with Gasteiger partial charge in [-0.3, -0.25) is 4.79 Å². The van der Waals surface area contributed by atoms with Crippen LogP contribution in [0.5, 0.6) is 0 Å². The molecule has 0 aromatic rings. The molecule has 0 bridgehead atoms. The van der Waals surface area contributed by atoms with E-state index in [1.54, 1.807) is 0 Å². The first-order chi connectivity index (χ1) is 6.02. The number of hydrogen-bond donors (Lipinski definition) is 3. The summed E-state index contributed by atoms with van der Waals surface area (Å²) in [4.78, 5) is 19.6. The Morgan fingerprint density at radius 2 is 2.15 bits per heavy atom. The average Bonchev–Trinajstić information content (AvgIpc) is 2.00. The van der Waals surface area contributed by atoms with Gasteiger partial charge in [0.15, 0.2) is 0 Å². The van der Waals surface area contributed by atoms with Crippen molar-refractivity contribution in [1.29, 1.82) is 0 Å². The summed E-state index contributed by atoms with van der Waals surface area (Å²) in [5.41, 5.74) is 0. The first-order valence-electron chi connectivity index (χ1n) is 3.45. The topological polar surface area (TPSA) is 95.9 Å². The highest BCUT2D eigenvalue weighted by molar-refractivity contribution is 5.68. The Morgan fingerprint density at radius 3 is 2.62 bits per heavy atom. The van der Waals surface area contributed by atoms with E-state index in [1.807, 2.05) is 0 Å². The fourth-order valence-corrected chi connectivity index (χ4v) is 0.566. The van der Waals surface area contributed by atoms with E-state index in [0.717, 1.165) is 0 Å². The fourth-order valence-electron chi connectivity index (χ4n) is 0.566. The van der Waals surface area contributed by atoms with Gasteiger partial charge in [0.25, 0.3) is 0 Å². The number of aliphatic hydroxyl groups excluding tert-OH is 1. The van der Waals surface area contributed by atoms with Crippen LogP contribution in [0, 0.1) is 0 Å². The molecule has 3 N–H and O–H groups in total. The van der Waals surface area contributed by atoms with Crippen LogP contribution in [-0.2, 0) is 9.53 Å². The van der Waals surface area contributed by atoms with Gasteiger partial charge in [-0.1, -0.05) is 0 Å². The molecule has 0 radical (unpaired) electrons. The molecule has 6 nitrogen and oxygen atoms in total. The Labute approximate surface area is 73.3 Å². The zero-order valence-corrected chi connectivity index (χ0v) is 6.70. The molecule has 0 heterocycles. The number of hydrogen-bond acceptors (Lipinski definition) is 5. The van der Waals surface area contributed by atoms with E-state index in [4.69, 9.17) is 10.2 Å². The maximum Gasteiger partial charge on any atom is 0.495 e. The third-order valence-electron chi connectivity index (χ3n) is 1.05. The van der Waals surface area contributed by atoms with E-state index >= 15 is 0 Å². The monoisotopic (exact) mass is 195 g/mol. The predicted molar refractivity (Wildman–Crippen MR) is 39.0 cm³/mol. The highest BCUT2D eigenvalue weighted by Gasteiger charge is 2.07. The Bertz CT molecular complexity index is 186. The van der Waals surface area contributed by atoms with Crippen LogP contribution in [0.15, 0.2) is 0 Å². The molecule has 0 saturated carbocycles. The number of carboxylic acid groups (broad SMARTS) is 1. The lowest BCUT2D eigenvalue weighted by molar-refractivity contribution is -0.136. The third kappa shape index (κ3) is 8.70. The van der Waals surface area contributed by atoms with Gasteiger partial charge < -0.3 is 20.3 Å². The third-order valence-corrected chi connectivity index (χ3v) is 1.05. The van der Waals surface area contributed by atoms with E-state index in [9.17, 15) is 14.0 Å². The van der Waals surface area contributed by atoms with Crippen LogP contribution in [0.25, 0.3) is 0 Å². The molecule has 0 saturated heterocycles. The molecule has 0 amide bonds. The average molecular weight is 195 g/mol. The van der Waals surface area contributed by atoms with Crippen molar-refractivity contribution in [2.75, 3.05) is 19.7 Å². The second kappa shape index (κ2) is 6.32. The van der Waals surface area contributed by atoms with Crippen LogP contribution in [0.4, 0.5) is 9.18 Å². The van der Waals surface area contributed by atoms with Crippen molar-refractivity contribution in [2.45, 2.75) is 6.10 Å².